The average Bonchev–Trinajstić information content (AvgIpc) is 2.46. The molecule has 2 N–H and O–H groups in total. The van der Waals surface area contributed by atoms with Gasteiger partial charge in [0, 0.05) is 19.8 Å². The van der Waals surface area contributed by atoms with Crippen LogP contribution in [-0.4, -0.2) is 17.9 Å². The summed E-state index contributed by atoms with van der Waals surface area (Å²) < 4.78 is 12.8. The number of hydrogen-bond donors (Lipinski definition) is 2. The molecule has 0 radical (unpaired) electrons. The van der Waals surface area contributed by atoms with Crippen molar-refractivity contribution in [1.29, 1.82) is 0 Å². The van der Waals surface area contributed by atoms with Crippen LogP contribution >= 0.6 is 11.6 Å². The predicted octanol–water partition coefficient (Wildman–Crippen LogP) is 2.85. The zero-order valence-corrected chi connectivity index (χ0v) is 11.5. The molecular weight excluding hydrogens is 281 g/mol. The van der Waals surface area contributed by atoms with Gasteiger partial charge in [0.2, 0.25) is 0 Å². The van der Waals surface area contributed by atoms with Crippen molar-refractivity contribution in [1.82, 2.24) is 10.3 Å². The molecule has 0 aliphatic heterocycles. The Balaban J connectivity index is 2.01. The molecule has 1 aromatic heterocycles. The van der Waals surface area contributed by atoms with E-state index in [-0.39, 0.29) is 11.7 Å². The van der Waals surface area contributed by atoms with Gasteiger partial charge in [-0.05, 0) is 23.8 Å². The Bertz CT molecular complexity index is 616. The van der Waals surface area contributed by atoms with Gasteiger partial charge in [-0.15, -0.1) is 0 Å². The van der Waals surface area contributed by atoms with Crippen LogP contribution in [0.1, 0.15) is 15.9 Å². The van der Waals surface area contributed by atoms with Gasteiger partial charge in [0.15, 0.2) is 0 Å². The number of rotatable bonds is 4. The minimum Gasteiger partial charge on any atom is -0.372 e. The van der Waals surface area contributed by atoms with E-state index >= 15 is 0 Å². The average molecular weight is 294 g/mol. The second kappa shape index (κ2) is 6.34. The number of halogens is 2. The largest absolute Gasteiger partial charge is 0.372 e. The lowest BCUT2D eigenvalue weighted by atomic mass is 10.2. The molecule has 20 heavy (non-hydrogen) atoms. The predicted molar refractivity (Wildman–Crippen MR) is 76.4 cm³/mol. The molecule has 0 saturated heterocycles. The fraction of sp³-hybridized carbons (Fsp3) is 0.143. The van der Waals surface area contributed by atoms with Gasteiger partial charge >= 0.3 is 0 Å². The first-order chi connectivity index (χ1) is 9.60. The van der Waals surface area contributed by atoms with E-state index in [0.717, 1.165) is 5.56 Å². The molecule has 0 unspecified atom stereocenters. The molecule has 0 spiro atoms. The molecule has 0 fully saturated rings. The molecule has 0 atom stereocenters. The van der Waals surface area contributed by atoms with E-state index in [4.69, 9.17) is 11.6 Å². The first kappa shape index (κ1) is 14.3. The summed E-state index contributed by atoms with van der Waals surface area (Å²) in [6.07, 6.45) is 1.44. The van der Waals surface area contributed by atoms with Gasteiger partial charge in [0.05, 0.1) is 10.6 Å². The van der Waals surface area contributed by atoms with Crippen molar-refractivity contribution in [3.05, 3.63) is 58.5 Å². The normalized spacial score (nSPS) is 10.2. The van der Waals surface area contributed by atoms with Crippen LogP contribution in [-0.2, 0) is 6.54 Å². The Morgan fingerprint density at radius 3 is 2.65 bits per heavy atom. The first-order valence-electron chi connectivity index (χ1n) is 5.96. The number of benzene rings is 1. The first-order valence-corrected chi connectivity index (χ1v) is 6.34. The summed E-state index contributed by atoms with van der Waals surface area (Å²) in [7, 11) is 1.70. The Morgan fingerprint density at radius 2 is 2.05 bits per heavy atom. The fourth-order valence-corrected chi connectivity index (χ4v) is 1.89. The zero-order chi connectivity index (χ0) is 14.5. The molecule has 6 heteroatoms. The van der Waals surface area contributed by atoms with Gasteiger partial charge in [0.25, 0.3) is 5.91 Å². The Morgan fingerprint density at radius 1 is 1.35 bits per heavy atom. The standard InChI is InChI=1S/C14H13ClFN3O/c1-17-13-12(15)6-10(8-18-13)14(20)19-7-9-2-4-11(16)5-3-9/h2-6,8H,7H2,1H3,(H,17,18)(H,19,20). The smallest absolute Gasteiger partial charge is 0.253 e. The summed E-state index contributed by atoms with van der Waals surface area (Å²) in [6.45, 7) is 0.310. The van der Waals surface area contributed by atoms with Crippen LogP contribution < -0.4 is 10.6 Å². The maximum absolute atomic E-state index is 12.8. The molecule has 2 aromatic rings. The van der Waals surface area contributed by atoms with E-state index in [0.29, 0.717) is 22.9 Å². The third-order valence-corrected chi connectivity index (χ3v) is 2.99. The second-order valence-electron chi connectivity index (χ2n) is 4.11. The summed E-state index contributed by atoms with van der Waals surface area (Å²) in [4.78, 5) is 16.0. The van der Waals surface area contributed by atoms with E-state index in [1.807, 2.05) is 0 Å². The lowest BCUT2D eigenvalue weighted by molar-refractivity contribution is 0.0950. The SMILES string of the molecule is CNc1ncc(C(=O)NCc2ccc(F)cc2)cc1Cl. The van der Waals surface area contributed by atoms with Crippen molar-refractivity contribution in [2.24, 2.45) is 0 Å². The number of amides is 1. The van der Waals surface area contributed by atoms with Crippen LogP contribution in [0.5, 0.6) is 0 Å². The van der Waals surface area contributed by atoms with Crippen molar-refractivity contribution in [3.8, 4) is 0 Å². The van der Waals surface area contributed by atoms with Crippen molar-refractivity contribution < 1.29 is 9.18 Å². The molecule has 0 bridgehead atoms. The molecular formula is C14H13ClFN3O. The summed E-state index contributed by atoms with van der Waals surface area (Å²) in [6, 6.07) is 7.47. The second-order valence-corrected chi connectivity index (χ2v) is 4.52. The molecule has 0 aliphatic rings. The van der Waals surface area contributed by atoms with Crippen LogP contribution in [0.25, 0.3) is 0 Å². The maximum atomic E-state index is 12.8. The highest BCUT2D eigenvalue weighted by atomic mass is 35.5. The number of carbonyl (C=O) groups excluding carboxylic acids is 1. The van der Waals surface area contributed by atoms with Gasteiger partial charge in [-0.2, -0.15) is 0 Å². The number of carbonyl (C=O) groups is 1. The van der Waals surface area contributed by atoms with Crippen LogP contribution in [0.2, 0.25) is 5.02 Å². The molecule has 104 valence electrons. The molecule has 1 heterocycles. The number of aromatic nitrogens is 1. The number of pyridine rings is 1. The Kier molecular flexibility index (Phi) is 4.53. The third kappa shape index (κ3) is 3.45. The van der Waals surface area contributed by atoms with Crippen molar-refractivity contribution >= 4 is 23.3 Å². The molecule has 1 aromatic carbocycles. The van der Waals surface area contributed by atoms with E-state index in [1.54, 1.807) is 25.2 Å². The lowest BCUT2D eigenvalue weighted by Crippen LogP contribution is -2.23. The van der Waals surface area contributed by atoms with Gasteiger partial charge in [-0.1, -0.05) is 23.7 Å². The molecule has 4 nitrogen and oxygen atoms in total. The topological polar surface area (TPSA) is 54.0 Å². The summed E-state index contributed by atoms with van der Waals surface area (Å²) in [5.41, 5.74) is 1.18. The van der Waals surface area contributed by atoms with Crippen LogP contribution in [0.15, 0.2) is 36.5 Å². The molecule has 2 rings (SSSR count). The highest BCUT2D eigenvalue weighted by Gasteiger charge is 2.09. The highest BCUT2D eigenvalue weighted by molar-refractivity contribution is 6.33. The zero-order valence-electron chi connectivity index (χ0n) is 10.8. The monoisotopic (exact) mass is 293 g/mol. The number of nitrogens with zero attached hydrogens (tertiary/aromatic N) is 1. The van der Waals surface area contributed by atoms with Crippen LogP contribution in [0.3, 0.4) is 0 Å². The fourth-order valence-electron chi connectivity index (χ4n) is 1.63. The minimum absolute atomic E-state index is 0.286. The summed E-state index contributed by atoms with van der Waals surface area (Å²) >= 11 is 5.96. The minimum atomic E-state index is -0.307. The molecule has 1 amide bonds. The van der Waals surface area contributed by atoms with Crippen molar-refractivity contribution in [2.45, 2.75) is 6.54 Å². The quantitative estimate of drug-likeness (QED) is 0.911. The highest BCUT2D eigenvalue weighted by Crippen LogP contribution is 2.19. The number of anilines is 1. The van der Waals surface area contributed by atoms with E-state index in [9.17, 15) is 9.18 Å². The van der Waals surface area contributed by atoms with Crippen molar-refractivity contribution in [3.63, 3.8) is 0 Å². The van der Waals surface area contributed by atoms with Gasteiger partial charge in [-0.25, -0.2) is 9.37 Å². The molecule has 0 aliphatic carbocycles. The summed E-state index contributed by atoms with van der Waals surface area (Å²) in [5, 5.41) is 5.91. The van der Waals surface area contributed by atoms with Crippen LogP contribution in [0.4, 0.5) is 10.2 Å². The summed E-state index contributed by atoms with van der Waals surface area (Å²) in [5.74, 6) is -0.0770. The number of hydrogen-bond acceptors (Lipinski definition) is 3. The van der Waals surface area contributed by atoms with Gasteiger partial charge in [0.1, 0.15) is 11.6 Å². The Hall–Kier alpha value is -2.14. The van der Waals surface area contributed by atoms with Gasteiger partial charge in [-0.3, -0.25) is 4.79 Å². The maximum Gasteiger partial charge on any atom is 0.253 e. The number of nitrogens with one attached hydrogen (secondary N) is 2. The van der Waals surface area contributed by atoms with Crippen LogP contribution in [0, 0.1) is 5.82 Å². The van der Waals surface area contributed by atoms with E-state index < -0.39 is 0 Å². The Labute approximate surface area is 121 Å². The van der Waals surface area contributed by atoms with E-state index in [1.165, 1.54) is 18.3 Å². The van der Waals surface area contributed by atoms with Gasteiger partial charge < -0.3 is 10.6 Å². The lowest BCUT2D eigenvalue weighted by Gasteiger charge is -2.07. The molecule has 0 saturated carbocycles. The van der Waals surface area contributed by atoms with E-state index in [2.05, 4.69) is 15.6 Å². The third-order valence-electron chi connectivity index (χ3n) is 2.71. The van der Waals surface area contributed by atoms with Crippen molar-refractivity contribution in [2.75, 3.05) is 12.4 Å².